The van der Waals surface area contributed by atoms with Gasteiger partial charge in [-0.2, -0.15) is 0 Å². The van der Waals surface area contributed by atoms with Gasteiger partial charge in [0.15, 0.2) is 0 Å². The van der Waals surface area contributed by atoms with E-state index in [0.29, 0.717) is 5.82 Å². The summed E-state index contributed by atoms with van der Waals surface area (Å²) in [5.74, 6) is 3.11. The van der Waals surface area contributed by atoms with Gasteiger partial charge in [-0.3, -0.25) is 15.0 Å². The van der Waals surface area contributed by atoms with Gasteiger partial charge >= 0.3 is 0 Å². The van der Waals surface area contributed by atoms with E-state index in [2.05, 4.69) is 10.2 Å². The standard InChI is InChI=1S/C13H19N3O/c14-11-10(12(17)16-15-11)13-4-7-1-8(5-13)3-9(2-7)6-13/h7-9H,1-6H2,(H4,14,15,16,17). The van der Waals surface area contributed by atoms with E-state index in [1.165, 1.54) is 38.5 Å². The third-order valence-corrected chi connectivity index (χ3v) is 5.38. The van der Waals surface area contributed by atoms with Crippen LogP contribution in [0.3, 0.4) is 0 Å². The summed E-state index contributed by atoms with van der Waals surface area (Å²) < 4.78 is 0. The molecule has 4 N–H and O–H groups in total. The number of nitrogens with one attached hydrogen (secondary N) is 2. The number of H-pyrrole nitrogens is 2. The van der Waals surface area contributed by atoms with Crippen LogP contribution in [0.4, 0.5) is 5.82 Å². The molecule has 0 amide bonds. The molecule has 0 spiro atoms. The van der Waals surface area contributed by atoms with E-state index in [0.717, 1.165) is 23.3 Å². The predicted molar refractivity (Wildman–Crippen MR) is 65.7 cm³/mol. The number of hydrogen-bond acceptors (Lipinski definition) is 2. The van der Waals surface area contributed by atoms with Crippen LogP contribution >= 0.6 is 0 Å². The van der Waals surface area contributed by atoms with Crippen molar-refractivity contribution in [2.45, 2.75) is 43.9 Å². The molecule has 0 aliphatic heterocycles. The maximum absolute atomic E-state index is 12.0. The van der Waals surface area contributed by atoms with Gasteiger partial charge in [0.05, 0.1) is 5.56 Å². The minimum atomic E-state index is 0.0180. The van der Waals surface area contributed by atoms with Crippen molar-refractivity contribution < 1.29 is 0 Å². The predicted octanol–water partition coefficient (Wildman–Crippen LogP) is 1.75. The highest BCUT2D eigenvalue weighted by Gasteiger charge is 2.53. The number of aromatic amines is 2. The zero-order chi connectivity index (χ0) is 11.6. The largest absolute Gasteiger partial charge is 0.384 e. The van der Waals surface area contributed by atoms with Crippen molar-refractivity contribution in [3.05, 3.63) is 15.9 Å². The van der Waals surface area contributed by atoms with E-state index in [9.17, 15) is 4.79 Å². The zero-order valence-electron chi connectivity index (χ0n) is 9.96. The maximum atomic E-state index is 12.0. The van der Waals surface area contributed by atoms with Gasteiger partial charge in [0.1, 0.15) is 5.82 Å². The van der Waals surface area contributed by atoms with Crippen molar-refractivity contribution in [3.8, 4) is 0 Å². The van der Waals surface area contributed by atoms with Gasteiger partial charge in [-0.1, -0.05) is 0 Å². The Bertz CT molecular complexity index is 478. The van der Waals surface area contributed by atoms with Crippen LogP contribution in [0.5, 0.6) is 0 Å². The second-order valence-electron chi connectivity index (χ2n) is 6.57. The summed E-state index contributed by atoms with van der Waals surface area (Å²) in [7, 11) is 0. The molecule has 0 unspecified atom stereocenters. The topological polar surface area (TPSA) is 74.7 Å². The summed E-state index contributed by atoms with van der Waals surface area (Å²) in [6.45, 7) is 0. The lowest BCUT2D eigenvalue weighted by molar-refractivity contribution is -0.00527. The van der Waals surface area contributed by atoms with Gasteiger partial charge in [0, 0.05) is 5.41 Å². The first kappa shape index (κ1) is 9.80. The number of anilines is 1. The fourth-order valence-corrected chi connectivity index (χ4v) is 5.31. The average molecular weight is 233 g/mol. The maximum Gasteiger partial charge on any atom is 0.269 e. The van der Waals surface area contributed by atoms with Gasteiger partial charge in [0.25, 0.3) is 5.56 Å². The molecule has 4 heteroatoms. The molecular formula is C13H19N3O. The summed E-state index contributed by atoms with van der Waals surface area (Å²) in [4.78, 5) is 12.0. The lowest BCUT2D eigenvalue weighted by Gasteiger charge is -2.56. The second kappa shape index (κ2) is 2.98. The highest BCUT2D eigenvalue weighted by molar-refractivity contribution is 5.44. The molecule has 4 nitrogen and oxygen atoms in total. The Hall–Kier alpha value is -1.19. The average Bonchev–Trinajstić information content (AvgIpc) is 2.56. The van der Waals surface area contributed by atoms with Crippen LogP contribution in [0.15, 0.2) is 4.79 Å². The Balaban J connectivity index is 1.85. The van der Waals surface area contributed by atoms with Crippen LogP contribution in [-0.4, -0.2) is 10.2 Å². The highest BCUT2D eigenvalue weighted by atomic mass is 16.1. The smallest absolute Gasteiger partial charge is 0.269 e. The first-order valence-corrected chi connectivity index (χ1v) is 6.73. The van der Waals surface area contributed by atoms with Crippen LogP contribution in [0.2, 0.25) is 0 Å². The van der Waals surface area contributed by atoms with Gasteiger partial charge in [-0.05, 0) is 56.3 Å². The summed E-state index contributed by atoms with van der Waals surface area (Å²) in [5, 5.41) is 5.46. The van der Waals surface area contributed by atoms with Crippen LogP contribution in [0, 0.1) is 17.8 Å². The van der Waals surface area contributed by atoms with E-state index in [-0.39, 0.29) is 11.0 Å². The van der Waals surface area contributed by atoms with E-state index >= 15 is 0 Å². The summed E-state index contributed by atoms with van der Waals surface area (Å²) in [6.07, 6.45) is 7.73. The van der Waals surface area contributed by atoms with Crippen LogP contribution < -0.4 is 11.3 Å². The summed E-state index contributed by atoms with van der Waals surface area (Å²) in [6, 6.07) is 0. The Morgan fingerprint density at radius 2 is 1.53 bits per heavy atom. The Morgan fingerprint density at radius 3 is 1.94 bits per heavy atom. The molecular weight excluding hydrogens is 214 g/mol. The minimum absolute atomic E-state index is 0.0180. The summed E-state index contributed by atoms with van der Waals surface area (Å²) >= 11 is 0. The lowest BCUT2D eigenvalue weighted by atomic mass is 9.48. The normalized spacial score (nSPS) is 43.2. The molecule has 0 aromatic carbocycles. The van der Waals surface area contributed by atoms with Gasteiger partial charge in [0.2, 0.25) is 0 Å². The third-order valence-electron chi connectivity index (χ3n) is 5.38. The molecule has 1 aromatic rings. The van der Waals surface area contributed by atoms with Gasteiger partial charge in [-0.25, -0.2) is 0 Å². The molecule has 17 heavy (non-hydrogen) atoms. The highest BCUT2D eigenvalue weighted by Crippen LogP contribution is 2.60. The van der Waals surface area contributed by atoms with Crippen LogP contribution in [-0.2, 0) is 5.41 Å². The van der Waals surface area contributed by atoms with Crippen molar-refractivity contribution in [3.63, 3.8) is 0 Å². The SMILES string of the molecule is Nc1[nH][nH]c(=O)c1C12CC3CC(CC(C3)C1)C2. The van der Waals surface area contributed by atoms with E-state index in [1.807, 2.05) is 0 Å². The zero-order valence-corrected chi connectivity index (χ0v) is 9.96. The molecule has 4 aliphatic rings. The van der Waals surface area contributed by atoms with Crippen molar-refractivity contribution in [2.75, 3.05) is 5.73 Å². The first-order valence-electron chi connectivity index (χ1n) is 6.73. The van der Waals surface area contributed by atoms with Gasteiger partial charge in [-0.15, -0.1) is 0 Å². The molecule has 4 saturated carbocycles. The molecule has 4 bridgehead atoms. The van der Waals surface area contributed by atoms with Crippen molar-refractivity contribution in [2.24, 2.45) is 17.8 Å². The molecule has 5 rings (SSSR count). The molecule has 1 heterocycles. The lowest BCUT2D eigenvalue weighted by Crippen LogP contribution is -2.50. The number of nitrogen functional groups attached to an aromatic ring is 1. The molecule has 92 valence electrons. The van der Waals surface area contributed by atoms with Gasteiger partial charge < -0.3 is 5.73 Å². The van der Waals surface area contributed by atoms with Crippen LogP contribution in [0.25, 0.3) is 0 Å². The molecule has 0 saturated heterocycles. The van der Waals surface area contributed by atoms with E-state index < -0.39 is 0 Å². The molecule has 0 radical (unpaired) electrons. The number of aromatic nitrogens is 2. The van der Waals surface area contributed by atoms with E-state index in [4.69, 9.17) is 5.73 Å². The van der Waals surface area contributed by atoms with Crippen molar-refractivity contribution >= 4 is 5.82 Å². The quantitative estimate of drug-likeness (QED) is 0.691. The second-order valence-corrected chi connectivity index (χ2v) is 6.57. The molecule has 4 fully saturated rings. The van der Waals surface area contributed by atoms with Crippen molar-refractivity contribution in [1.82, 2.24) is 10.2 Å². The fraction of sp³-hybridized carbons (Fsp3) is 0.769. The Kier molecular flexibility index (Phi) is 1.72. The third kappa shape index (κ3) is 1.21. The monoisotopic (exact) mass is 233 g/mol. The van der Waals surface area contributed by atoms with Crippen LogP contribution in [0.1, 0.15) is 44.1 Å². The Labute approximate surface area is 100.0 Å². The van der Waals surface area contributed by atoms with Crippen molar-refractivity contribution in [1.29, 1.82) is 0 Å². The number of rotatable bonds is 1. The molecule has 4 aliphatic carbocycles. The first-order chi connectivity index (χ1) is 8.16. The number of nitrogens with two attached hydrogens (primary N) is 1. The fourth-order valence-electron chi connectivity index (χ4n) is 5.31. The molecule has 1 aromatic heterocycles. The minimum Gasteiger partial charge on any atom is -0.384 e. The summed E-state index contributed by atoms with van der Waals surface area (Å²) in [5.41, 5.74) is 6.97. The molecule has 0 atom stereocenters. The number of hydrogen-bond donors (Lipinski definition) is 3. The van der Waals surface area contributed by atoms with E-state index in [1.54, 1.807) is 0 Å². The Morgan fingerprint density at radius 1 is 1.00 bits per heavy atom.